The molecule has 0 aliphatic heterocycles. The van der Waals surface area contributed by atoms with E-state index in [1.807, 2.05) is 24.3 Å². The Bertz CT molecular complexity index is 577. The van der Waals surface area contributed by atoms with Gasteiger partial charge in [0.1, 0.15) is 5.76 Å². The van der Waals surface area contributed by atoms with E-state index in [0.29, 0.717) is 22.8 Å². The normalized spacial score (nSPS) is 10.5. The molecule has 4 nitrogen and oxygen atoms in total. The summed E-state index contributed by atoms with van der Waals surface area (Å²) in [6.07, 6.45) is 0. The molecule has 5 heteroatoms. The van der Waals surface area contributed by atoms with Gasteiger partial charge in [-0.05, 0) is 25.1 Å². The third-order valence-corrected chi connectivity index (χ3v) is 3.56. The maximum absolute atomic E-state index is 10.8. The summed E-state index contributed by atoms with van der Waals surface area (Å²) in [5, 5.41) is 8.89. The molecule has 0 radical (unpaired) electrons. The Morgan fingerprint density at radius 2 is 2.17 bits per heavy atom. The van der Waals surface area contributed by atoms with Gasteiger partial charge in [-0.25, -0.2) is 4.79 Å². The molecule has 1 heterocycles. The van der Waals surface area contributed by atoms with Gasteiger partial charge in [0, 0.05) is 16.1 Å². The van der Waals surface area contributed by atoms with Gasteiger partial charge in [0.15, 0.2) is 0 Å². The molecule has 1 aromatic heterocycles. The van der Waals surface area contributed by atoms with E-state index < -0.39 is 5.97 Å². The summed E-state index contributed by atoms with van der Waals surface area (Å²) in [6, 6.07) is 9.29. The number of carbonyl (C=O) groups is 1. The van der Waals surface area contributed by atoms with Gasteiger partial charge >= 0.3 is 5.97 Å². The van der Waals surface area contributed by atoms with E-state index in [1.165, 1.54) is 11.8 Å². The molecule has 0 atom stereocenters. The van der Waals surface area contributed by atoms with Crippen molar-refractivity contribution in [3.8, 4) is 0 Å². The molecule has 0 saturated carbocycles. The maximum atomic E-state index is 10.8. The number of aromatic carboxylic acids is 1. The monoisotopic (exact) mass is 263 g/mol. The maximum Gasteiger partial charge on any atom is 0.372 e. The Labute approximate surface area is 109 Å². The van der Waals surface area contributed by atoms with Crippen LogP contribution in [0.1, 0.15) is 21.9 Å². The number of aryl methyl sites for hydroxylation is 1. The highest BCUT2D eigenvalue weighted by Gasteiger charge is 2.14. The molecule has 0 fully saturated rings. The highest BCUT2D eigenvalue weighted by molar-refractivity contribution is 7.98. The van der Waals surface area contributed by atoms with E-state index in [1.54, 1.807) is 13.0 Å². The molecule has 0 spiro atoms. The van der Waals surface area contributed by atoms with Gasteiger partial charge in [0.25, 0.3) is 0 Å². The largest absolute Gasteiger partial charge is 0.475 e. The second-order valence-electron chi connectivity index (χ2n) is 3.86. The molecule has 94 valence electrons. The number of rotatable bonds is 4. The fourth-order valence-electron chi connectivity index (χ4n) is 1.59. The van der Waals surface area contributed by atoms with Crippen LogP contribution in [-0.2, 0) is 5.75 Å². The molecule has 2 aromatic rings. The molecule has 0 amide bonds. The van der Waals surface area contributed by atoms with Crippen LogP contribution in [0.3, 0.4) is 0 Å². The minimum atomic E-state index is -1.04. The first kappa shape index (κ1) is 12.6. The van der Waals surface area contributed by atoms with Crippen molar-refractivity contribution in [1.82, 2.24) is 0 Å². The first-order valence-electron chi connectivity index (χ1n) is 5.38. The zero-order valence-corrected chi connectivity index (χ0v) is 10.7. The Balaban J connectivity index is 2.09. The Morgan fingerprint density at radius 3 is 2.78 bits per heavy atom. The van der Waals surface area contributed by atoms with Crippen molar-refractivity contribution in [2.45, 2.75) is 17.6 Å². The van der Waals surface area contributed by atoms with E-state index in [4.69, 9.17) is 15.3 Å². The number of para-hydroxylation sites is 1. The smallest absolute Gasteiger partial charge is 0.372 e. The quantitative estimate of drug-likeness (QED) is 0.654. The van der Waals surface area contributed by atoms with Gasteiger partial charge in [-0.3, -0.25) is 0 Å². The molecule has 0 saturated heterocycles. The fraction of sp³-hybridized carbons (Fsp3) is 0.154. The number of carboxylic acid groups (broad SMARTS) is 1. The van der Waals surface area contributed by atoms with Crippen LogP contribution in [0.5, 0.6) is 0 Å². The first-order chi connectivity index (χ1) is 8.58. The summed E-state index contributed by atoms with van der Waals surface area (Å²) in [5.41, 5.74) is 7.17. The predicted octanol–water partition coefficient (Wildman–Crippen LogP) is 3.16. The van der Waals surface area contributed by atoms with Crippen LogP contribution in [0.25, 0.3) is 0 Å². The highest BCUT2D eigenvalue weighted by atomic mass is 32.2. The van der Waals surface area contributed by atoms with Crippen molar-refractivity contribution >= 4 is 23.4 Å². The van der Waals surface area contributed by atoms with Crippen molar-refractivity contribution < 1.29 is 14.3 Å². The summed E-state index contributed by atoms with van der Waals surface area (Å²) in [6.45, 7) is 1.72. The van der Waals surface area contributed by atoms with Gasteiger partial charge in [-0.2, -0.15) is 0 Å². The molecule has 1 aromatic carbocycles. The lowest BCUT2D eigenvalue weighted by Crippen LogP contribution is -1.94. The minimum absolute atomic E-state index is 0.00614. The average molecular weight is 263 g/mol. The van der Waals surface area contributed by atoms with Crippen molar-refractivity contribution in [3.63, 3.8) is 0 Å². The number of nitrogen functional groups attached to an aromatic ring is 1. The number of anilines is 1. The molecule has 18 heavy (non-hydrogen) atoms. The average Bonchev–Trinajstić information content (AvgIpc) is 2.70. The van der Waals surface area contributed by atoms with E-state index in [-0.39, 0.29) is 5.76 Å². The standard InChI is InChI=1S/C13H13NO3S/c1-8-6-9(17-12(8)13(15)16)7-18-11-5-3-2-4-10(11)14/h2-6H,7,14H2,1H3,(H,15,16). The number of furan rings is 1. The van der Waals surface area contributed by atoms with Crippen molar-refractivity contribution in [2.75, 3.05) is 5.73 Å². The van der Waals surface area contributed by atoms with E-state index in [0.717, 1.165) is 4.90 Å². The molecule has 0 bridgehead atoms. The predicted molar refractivity (Wildman–Crippen MR) is 70.8 cm³/mol. The molecule has 3 N–H and O–H groups in total. The van der Waals surface area contributed by atoms with Crippen LogP contribution >= 0.6 is 11.8 Å². The second-order valence-corrected chi connectivity index (χ2v) is 4.87. The Hall–Kier alpha value is -1.88. The Kier molecular flexibility index (Phi) is 3.62. The molecular weight excluding hydrogens is 250 g/mol. The zero-order valence-electron chi connectivity index (χ0n) is 9.84. The van der Waals surface area contributed by atoms with Crippen LogP contribution < -0.4 is 5.73 Å². The topological polar surface area (TPSA) is 76.5 Å². The Morgan fingerprint density at radius 1 is 1.44 bits per heavy atom. The third kappa shape index (κ3) is 2.68. The van der Waals surface area contributed by atoms with E-state index >= 15 is 0 Å². The summed E-state index contributed by atoms with van der Waals surface area (Å²) >= 11 is 1.52. The second kappa shape index (κ2) is 5.18. The van der Waals surface area contributed by atoms with Gasteiger partial charge in [0.05, 0.1) is 5.75 Å². The number of benzene rings is 1. The first-order valence-corrected chi connectivity index (χ1v) is 6.36. The van der Waals surface area contributed by atoms with Crippen molar-refractivity contribution in [1.29, 1.82) is 0 Å². The molecular formula is C13H13NO3S. The SMILES string of the molecule is Cc1cc(CSc2ccccc2N)oc1C(=O)O. The number of hydrogen-bond acceptors (Lipinski definition) is 4. The number of nitrogens with two attached hydrogens (primary N) is 1. The summed E-state index contributed by atoms with van der Waals surface area (Å²) < 4.78 is 5.28. The highest BCUT2D eigenvalue weighted by Crippen LogP contribution is 2.29. The summed E-state index contributed by atoms with van der Waals surface area (Å²) in [7, 11) is 0. The molecule has 0 aliphatic carbocycles. The van der Waals surface area contributed by atoms with Crippen LogP contribution in [0.2, 0.25) is 0 Å². The van der Waals surface area contributed by atoms with Crippen molar-refractivity contribution in [3.05, 3.63) is 47.4 Å². The van der Waals surface area contributed by atoms with Gasteiger partial charge in [-0.1, -0.05) is 12.1 Å². The zero-order chi connectivity index (χ0) is 13.1. The molecule has 2 rings (SSSR count). The van der Waals surface area contributed by atoms with Crippen molar-refractivity contribution in [2.24, 2.45) is 0 Å². The lowest BCUT2D eigenvalue weighted by Gasteiger charge is -2.02. The van der Waals surface area contributed by atoms with Gasteiger partial charge in [0.2, 0.25) is 5.76 Å². The number of hydrogen-bond donors (Lipinski definition) is 2. The van der Waals surface area contributed by atoms with Gasteiger partial charge in [-0.15, -0.1) is 11.8 Å². The van der Waals surface area contributed by atoms with Crippen LogP contribution in [0.4, 0.5) is 5.69 Å². The molecule has 0 unspecified atom stereocenters. The lowest BCUT2D eigenvalue weighted by atomic mass is 10.3. The van der Waals surface area contributed by atoms with Gasteiger partial charge < -0.3 is 15.3 Å². The fourth-order valence-corrected chi connectivity index (χ4v) is 2.44. The van der Waals surface area contributed by atoms with Crippen LogP contribution in [-0.4, -0.2) is 11.1 Å². The molecule has 0 aliphatic rings. The van der Waals surface area contributed by atoms with E-state index in [9.17, 15) is 4.79 Å². The van der Waals surface area contributed by atoms with Crippen LogP contribution in [0, 0.1) is 6.92 Å². The number of carboxylic acids is 1. The van der Waals surface area contributed by atoms with E-state index in [2.05, 4.69) is 0 Å². The number of thioether (sulfide) groups is 1. The minimum Gasteiger partial charge on any atom is -0.475 e. The van der Waals surface area contributed by atoms with Crippen LogP contribution in [0.15, 0.2) is 39.6 Å². The summed E-state index contributed by atoms with van der Waals surface area (Å²) in [4.78, 5) is 11.8. The lowest BCUT2D eigenvalue weighted by molar-refractivity contribution is 0.0659. The summed E-state index contributed by atoms with van der Waals surface area (Å²) in [5.74, 6) is 0.162. The third-order valence-electron chi connectivity index (χ3n) is 2.45.